The predicted octanol–water partition coefficient (Wildman–Crippen LogP) is 1.99. The minimum absolute atomic E-state index is 0. The molecule has 1 heterocycles. The molecule has 0 radical (unpaired) electrons. The molecule has 0 aliphatic rings. The molecule has 1 aromatic heterocycles. The van der Waals surface area contributed by atoms with E-state index >= 15 is 0 Å². The van der Waals surface area contributed by atoms with Gasteiger partial charge in [0.2, 0.25) is 0 Å². The third-order valence-electron chi connectivity index (χ3n) is 2.47. The molecule has 1 rings (SSSR count). The largest absolute Gasteiger partial charge is 0.321 e. The van der Waals surface area contributed by atoms with Gasteiger partial charge in [0, 0.05) is 18.8 Å². The number of aryl methyl sites for hydroxylation is 1. The number of rotatable bonds is 5. The molecule has 1 aromatic rings. The van der Waals surface area contributed by atoms with Crippen molar-refractivity contribution in [3.8, 4) is 0 Å². The van der Waals surface area contributed by atoms with Crippen LogP contribution in [-0.4, -0.2) is 16.8 Å². The highest BCUT2D eigenvalue weighted by atomic mass is 35.5. The number of hydrogen-bond acceptors (Lipinski definition) is 3. The summed E-state index contributed by atoms with van der Waals surface area (Å²) in [6.07, 6.45) is 4.75. The van der Waals surface area contributed by atoms with Crippen LogP contribution in [0.15, 0.2) is 24.5 Å². The van der Waals surface area contributed by atoms with Crippen LogP contribution in [0.4, 0.5) is 0 Å². The summed E-state index contributed by atoms with van der Waals surface area (Å²) in [6.45, 7) is 3.93. The molecule has 0 amide bonds. The number of halogens is 1. The highest BCUT2D eigenvalue weighted by Crippen LogP contribution is 2.06. The van der Waals surface area contributed by atoms with Crippen molar-refractivity contribution in [2.24, 2.45) is 11.7 Å². The monoisotopic (exact) mass is 242 g/mol. The summed E-state index contributed by atoms with van der Waals surface area (Å²) in [4.78, 5) is 15.6. The molecule has 0 saturated carbocycles. The third kappa shape index (κ3) is 4.73. The fourth-order valence-corrected chi connectivity index (χ4v) is 1.35. The average Bonchev–Trinajstić information content (AvgIpc) is 2.26. The van der Waals surface area contributed by atoms with E-state index in [0.29, 0.717) is 6.42 Å². The predicted molar refractivity (Wildman–Crippen MR) is 67.6 cm³/mol. The SMILES string of the molecule is CC(C)[C@@H](N)C(=O)CCc1cccnc1.Cl. The maximum Gasteiger partial charge on any atom is 0.150 e. The summed E-state index contributed by atoms with van der Waals surface area (Å²) < 4.78 is 0. The lowest BCUT2D eigenvalue weighted by molar-refractivity contribution is -0.121. The van der Waals surface area contributed by atoms with Crippen LogP contribution in [0.1, 0.15) is 25.8 Å². The van der Waals surface area contributed by atoms with Crippen molar-refractivity contribution >= 4 is 18.2 Å². The van der Waals surface area contributed by atoms with Crippen molar-refractivity contribution in [1.29, 1.82) is 0 Å². The van der Waals surface area contributed by atoms with E-state index in [4.69, 9.17) is 5.73 Å². The maximum atomic E-state index is 11.6. The molecule has 0 aliphatic heterocycles. The zero-order chi connectivity index (χ0) is 11.3. The van der Waals surface area contributed by atoms with Crippen LogP contribution >= 0.6 is 12.4 Å². The van der Waals surface area contributed by atoms with Crippen LogP contribution in [0.3, 0.4) is 0 Å². The van der Waals surface area contributed by atoms with Crippen molar-refractivity contribution in [2.45, 2.75) is 32.7 Å². The van der Waals surface area contributed by atoms with E-state index in [9.17, 15) is 4.79 Å². The van der Waals surface area contributed by atoms with Gasteiger partial charge in [-0.15, -0.1) is 12.4 Å². The number of ketones is 1. The third-order valence-corrected chi connectivity index (χ3v) is 2.47. The summed E-state index contributed by atoms with van der Waals surface area (Å²) >= 11 is 0. The first kappa shape index (κ1) is 15.1. The average molecular weight is 243 g/mol. The number of hydrogen-bond donors (Lipinski definition) is 1. The van der Waals surface area contributed by atoms with E-state index in [-0.39, 0.29) is 30.2 Å². The number of carbonyl (C=O) groups is 1. The van der Waals surface area contributed by atoms with Gasteiger partial charge in [-0.05, 0) is 24.0 Å². The molecular weight excluding hydrogens is 224 g/mol. The molecule has 16 heavy (non-hydrogen) atoms. The standard InChI is InChI=1S/C12H18N2O.ClH/c1-9(2)12(13)11(15)6-5-10-4-3-7-14-8-10;/h3-4,7-9,12H,5-6,13H2,1-2H3;1H/t12-;/m1./s1. The van der Waals surface area contributed by atoms with E-state index in [0.717, 1.165) is 12.0 Å². The van der Waals surface area contributed by atoms with E-state index in [2.05, 4.69) is 4.98 Å². The van der Waals surface area contributed by atoms with Gasteiger partial charge in [0.25, 0.3) is 0 Å². The minimum atomic E-state index is -0.332. The lowest BCUT2D eigenvalue weighted by atomic mass is 9.97. The van der Waals surface area contributed by atoms with Crippen LogP contribution in [0, 0.1) is 5.92 Å². The summed E-state index contributed by atoms with van der Waals surface area (Å²) in [5.41, 5.74) is 6.84. The molecule has 0 fully saturated rings. The normalized spacial score (nSPS) is 12.0. The second kappa shape index (κ2) is 7.36. The molecule has 0 unspecified atom stereocenters. The van der Waals surface area contributed by atoms with E-state index in [1.54, 1.807) is 12.4 Å². The topological polar surface area (TPSA) is 56.0 Å². The number of aromatic nitrogens is 1. The van der Waals surface area contributed by atoms with Crippen LogP contribution in [0.2, 0.25) is 0 Å². The second-order valence-electron chi connectivity index (χ2n) is 4.10. The first-order chi connectivity index (χ1) is 7.11. The summed E-state index contributed by atoms with van der Waals surface area (Å²) in [6, 6.07) is 3.52. The molecule has 3 nitrogen and oxygen atoms in total. The number of nitrogens with two attached hydrogens (primary N) is 1. The van der Waals surface area contributed by atoms with E-state index in [1.807, 2.05) is 26.0 Å². The minimum Gasteiger partial charge on any atom is -0.321 e. The van der Waals surface area contributed by atoms with Crippen molar-refractivity contribution in [3.63, 3.8) is 0 Å². The quantitative estimate of drug-likeness (QED) is 0.859. The van der Waals surface area contributed by atoms with Gasteiger partial charge in [-0.1, -0.05) is 19.9 Å². The number of pyridine rings is 1. The molecule has 0 spiro atoms. The van der Waals surface area contributed by atoms with Gasteiger partial charge >= 0.3 is 0 Å². The Morgan fingerprint density at radius 3 is 2.69 bits per heavy atom. The molecule has 4 heteroatoms. The smallest absolute Gasteiger partial charge is 0.150 e. The second-order valence-corrected chi connectivity index (χ2v) is 4.10. The fourth-order valence-electron chi connectivity index (χ4n) is 1.35. The van der Waals surface area contributed by atoms with Gasteiger partial charge in [0.1, 0.15) is 5.78 Å². The zero-order valence-electron chi connectivity index (χ0n) is 9.72. The maximum absolute atomic E-state index is 11.6. The van der Waals surface area contributed by atoms with Gasteiger partial charge in [-0.25, -0.2) is 0 Å². The lowest BCUT2D eigenvalue weighted by Gasteiger charge is -2.13. The van der Waals surface area contributed by atoms with Gasteiger partial charge < -0.3 is 5.73 Å². The fraction of sp³-hybridized carbons (Fsp3) is 0.500. The number of nitrogens with zero attached hydrogens (tertiary/aromatic N) is 1. The Morgan fingerprint density at radius 2 is 2.19 bits per heavy atom. The van der Waals surface area contributed by atoms with E-state index in [1.165, 1.54) is 0 Å². The van der Waals surface area contributed by atoms with Gasteiger partial charge in [0.05, 0.1) is 6.04 Å². The van der Waals surface area contributed by atoms with E-state index < -0.39 is 0 Å². The van der Waals surface area contributed by atoms with Crippen molar-refractivity contribution in [2.75, 3.05) is 0 Å². The van der Waals surface area contributed by atoms with Crippen LogP contribution in [0.5, 0.6) is 0 Å². The van der Waals surface area contributed by atoms with Crippen LogP contribution in [0.25, 0.3) is 0 Å². The van der Waals surface area contributed by atoms with Crippen LogP contribution < -0.4 is 5.73 Å². The van der Waals surface area contributed by atoms with Crippen molar-refractivity contribution in [3.05, 3.63) is 30.1 Å². The molecular formula is C12H19ClN2O. The van der Waals surface area contributed by atoms with Gasteiger partial charge in [-0.3, -0.25) is 9.78 Å². The van der Waals surface area contributed by atoms with Crippen molar-refractivity contribution in [1.82, 2.24) is 4.98 Å². The van der Waals surface area contributed by atoms with Gasteiger partial charge in [-0.2, -0.15) is 0 Å². The Labute approximate surface area is 103 Å². The Bertz CT molecular complexity index is 314. The molecule has 2 N–H and O–H groups in total. The highest BCUT2D eigenvalue weighted by molar-refractivity contribution is 5.85. The first-order valence-corrected chi connectivity index (χ1v) is 5.28. The Hall–Kier alpha value is -0.930. The first-order valence-electron chi connectivity index (χ1n) is 5.28. The summed E-state index contributed by atoms with van der Waals surface area (Å²) in [5.74, 6) is 0.347. The zero-order valence-corrected chi connectivity index (χ0v) is 10.5. The molecule has 1 atom stereocenters. The molecule has 0 aliphatic carbocycles. The Balaban J connectivity index is 0.00000225. The van der Waals surface area contributed by atoms with Crippen LogP contribution in [-0.2, 0) is 11.2 Å². The Kier molecular flexibility index (Phi) is 6.93. The van der Waals surface area contributed by atoms with Gasteiger partial charge in [0.15, 0.2) is 0 Å². The van der Waals surface area contributed by atoms with Crippen molar-refractivity contribution < 1.29 is 4.79 Å². The Morgan fingerprint density at radius 1 is 1.50 bits per heavy atom. The summed E-state index contributed by atoms with van der Waals surface area (Å²) in [5, 5.41) is 0. The summed E-state index contributed by atoms with van der Waals surface area (Å²) in [7, 11) is 0. The highest BCUT2D eigenvalue weighted by Gasteiger charge is 2.16. The molecule has 0 aromatic carbocycles. The number of Topliss-reactive ketones (excluding diaryl/α,β-unsaturated/α-hetero) is 1. The molecule has 90 valence electrons. The number of carbonyl (C=O) groups excluding carboxylic acids is 1. The molecule has 0 saturated heterocycles. The lowest BCUT2D eigenvalue weighted by Crippen LogP contribution is -2.35. The molecule has 0 bridgehead atoms.